The molecule has 0 spiro atoms. The molecule has 1 aromatic rings. The van der Waals surface area contributed by atoms with E-state index >= 15 is 0 Å². The van der Waals surface area contributed by atoms with Gasteiger partial charge in [-0.1, -0.05) is 18.5 Å². The summed E-state index contributed by atoms with van der Waals surface area (Å²) in [4.78, 5) is 11.8. The summed E-state index contributed by atoms with van der Waals surface area (Å²) in [5.74, 6) is -0.246. The minimum atomic E-state index is -0.374. The zero-order valence-corrected chi connectivity index (χ0v) is 11.1. The van der Waals surface area contributed by atoms with Crippen molar-refractivity contribution in [1.29, 1.82) is 0 Å². The minimum Gasteiger partial charge on any atom is -0.393 e. The van der Waals surface area contributed by atoms with Gasteiger partial charge >= 0.3 is 0 Å². The number of aryl methyl sites for hydroxylation is 2. The van der Waals surface area contributed by atoms with Crippen LogP contribution in [0.2, 0.25) is 5.15 Å². The lowest BCUT2D eigenvalue weighted by molar-refractivity contribution is 0.0941. The molecule has 0 radical (unpaired) electrons. The highest BCUT2D eigenvalue weighted by Gasteiger charge is 2.18. The second-order valence-electron chi connectivity index (χ2n) is 3.98. The lowest BCUT2D eigenvalue weighted by Crippen LogP contribution is -2.27. The van der Waals surface area contributed by atoms with Crippen LogP contribution in [0.3, 0.4) is 0 Å². The van der Waals surface area contributed by atoms with Crippen LogP contribution in [0.1, 0.15) is 35.8 Å². The summed E-state index contributed by atoms with van der Waals surface area (Å²) in [5.41, 5.74) is 1.01. The van der Waals surface area contributed by atoms with Crippen LogP contribution in [0, 0.1) is 6.92 Å². The molecular weight excluding hydrogens is 242 g/mol. The molecule has 1 rings (SSSR count). The number of hydrogen-bond donors (Lipinski definition) is 2. The van der Waals surface area contributed by atoms with Gasteiger partial charge in [-0.05, 0) is 19.8 Å². The van der Waals surface area contributed by atoms with Crippen molar-refractivity contribution in [2.24, 2.45) is 7.05 Å². The topological polar surface area (TPSA) is 67.2 Å². The first-order chi connectivity index (χ1) is 7.97. The normalized spacial score (nSPS) is 12.5. The van der Waals surface area contributed by atoms with Gasteiger partial charge in [0.15, 0.2) is 0 Å². The highest BCUT2D eigenvalue weighted by atomic mass is 35.5. The second-order valence-corrected chi connectivity index (χ2v) is 4.34. The molecule has 6 heteroatoms. The van der Waals surface area contributed by atoms with Crippen molar-refractivity contribution >= 4 is 17.5 Å². The molecule has 0 saturated heterocycles. The Hall–Kier alpha value is -1.07. The summed E-state index contributed by atoms with van der Waals surface area (Å²) in [7, 11) is 1.69. The van der Waals surface area contributed by atoms with E-state index in [0.29, 0.717) is 35.8 Å². The molecule has 96 valence electrons. The summed E-state index contributed by atoms with van der Waals surface area (Å²) in [6.45, 7) is 4.06. The van der Waals surface area contributed by atoms with Gasteiger partial charge in [-0.15, -0.1) is 0 Å². The summed E-state index contributed by atoms with van der Waals surface area (Å²) in [6, 6.07) is 0. The van der Waals surface area contributed by atoms with Gasteiger partial charge in [0.05, 0.1) is 17.4 Å². The Bertz CT molecular complexity index is 404. The van der Waals surface area contributed by atoms with Crippen LogP contribution in [0.5, 0.6) is 0 Å². The number of halogens is 1. The van der Waals surface area contributed by atoms with Crippen LogP contribution in [-0.2, 0) is 7.05 Å². The van der Waals surface area contributed by atoms with Crippen LogP contribution in [0.25, 0.3) is 0 Å². The SMILES string of the molecule is CCC(O)CCNC(=O)c1c(C)nn(C)c1Cl. The first-order valence-corrected chi connectivity index (χ1v) is 6.00. The standard InChI is InChI=1S/C11H18ClN3O2/c1-4-8(16)5-6-13-11(17)9-7(2)14-15(3)10(9)12/h8,16H,4-6H2,1-3H3,(H,13,17). The number of hydrogen-bond acceptors (Lipinski definition) is 3. The van der Waals surface area contributed by atoms with Crippen molar-refractivity contribution in [2.75, 3.05) is 6.54 Å². The summed E-state index contributed by atoms with van der Waals surface area (Å²) >= 11 is 5.97. The molecule has 0 aliphatic rings. The second kappa shape index (κ2) is 6.02. The highest BCUT2D eigenvalue weighted by molar-refractivity contribution is 6.33. The maximum atomic E-state index is 11.8. The van der Waals surface area contributed by atoms with Crippen molar-refractivity contribution in [1.82, 2.24) is 15.1 Å². The Labute approximate surface area is 106 Å². The number of amides is 1. The molecule has 1 unspecified atom stereocenters. The van der Waals surface area contributed by atoms with E-state index in [0.717, 1.165) is 0 Å². The van der Waals surface area contributed by atoms with Gasteiger partial charge in [0.25, 0.3) is 5.91 Å². The lowest BCUT2D eigenvalue weighted by Gasteiger charge is -2.08. The van der Waals surface area contributed by atoms with Crippen LogP contribution in [0.4, 0.5) is 0 Å². The molecule has 2 N–H and O–H groups in total. The molecule has 1 atom stereocenters. The third-order valence-corrected chi connectivity index (χ3v) is 3.05. The van der Waals surface area contributed by atoms with Crippen LogP contribution in [0.15, 0.2) is 0 Å². The molecule has 0 bridgehead atoms. The van der Waals surface area contributed by atoms with Gasteiger partial charge in [-0.3, -0.25) is 9.48 Å². The monoisotopic (exact) mass is 259 g/mol. The van der Waals surface area contributed by atoms with Crippen molar-refractivity contribution < 1.29 is 9.90 Å². The van der Waals surface area contributed by atoms with Crippen LogP contribution >= 0.6 is 11.6 Å². The fourth-order valence-electron chi connectivity index (χ4n) is 1.53. The molecule has 0 aliphatic heterocycles. The van der Waals surface area contributed by atoms with Gasteiger partial charge in [0, 0.05) is 13.6 Å². The Morgan fingerprint density at radius 2 is 2.29 bits per heavy atom. The maximum absolute atomic E-state index is 11.8. The number of rotatable bonds is 5. The van der Waals surface area contributed by atoms with Crippen molar-refractivity contribution in [2.45, 2.75) is 32.8 Å². The molecule has 0 aromatic carbocycles. The molecular formula is C11H18ClN3O2. The van der Waals surface area contributed by atoms with Crippen molar-refractivity contribution in [3.05, 3.63) is 16.4 Å². The largest absolute Gasteiger partial charge is 0.393 e. The number of aliphatic hydroxyl groups excluding tert-OH is 1. The average molecular weight is 260 g/mol. The number of carbonyl (C=O) groups excluding carboxylic acids is 1. The molecule has 1 aromatic heterocycles. The molecule has 17 heavy (non-hydrogen) atoms. The van der Waals surface area contributed by atoms with Gasteiger partial charge in [0.1, 0.15) is 5.15 Å². The van der Waals surface area contributed by atoms with E-state index in [4.69, 9.17) is 11.6 Å². The molecule has 0 fully saturated rings. The average Bonchev–Trinajstić information content (AvgIpc) is 2.52. The Morgan fingerprint density at radius 1 is 1.65 bits per heavy atom. The van der Waals surface area contributed by atoms with Crippen LogP contribution < -0.4 is 5.32 Å². The summed E-state index contributed by atoms with van der Waals surface area (Å²) in [6.07, 6.45) is 0.850. The highest BCUT2D eigenvalue weighted by Crippen LogP contribution is 2.18. The number of aliphatic hydroxyl groups is 1. The van der Waals surface area contributed by atoms with Gasteiger partial charge in [-0.25, -0.2) is 0 Å². The zero-order valence-electron chi connectivity index (χ0n) is 10.3. The fourth-order valence-corrected chi connectivity index (χ4v) is 1.79. The van der Waals surface area contributed by atoms with Gasteiger partial charge in [0.2, 0.25) is 0 Å². The third-order valence-electron chi connectivity index (χ3n) is 2.61. The zero-order chi connectivity index (χ0) is 13.0. The van der Waals surface area contributed by atoms with Crippen molar-refractivity contribution in [3.8, 4) is 0 Å². The number of aromatic nitrogens is 2. The Morgan fingerprint density at radius 3 is 2.76 bits per heavy atom. The van der Waals surface area contributed by atoms with Gasteiger partial charge in [-0.2, -0.15) is 5.10 Å². The smallest absolute Gasteiger partial charge is 0.256 e. The predicted molar refractivity (Wildman–Crippen MR) is 66.2 cm³/mol. The van der Waals surface area contributed by atoms with E-state index in [1.165, 1.54) is 4.68 Å². The molecule has 0 aliphatic carbocycles. The minimum absolute atomic E-state index is 0.246. The van der Waals surface area contributed by atoms with E-state index in [1.54, 1.807) is 14.0 Å². The van der Waals surface area contributed by atoms with E-state index in [1.807, 2.05) is 6.92 Å². The lowest BCUT2D eigenvalue weighted by atomic mass is 10.2. The first kappa shape index (κ1) is 14.0. The Kier molecular flexibility index (Phi) is 4.96. The number of carbonyl (C=O) groups is 1. The molecule has 5 nitrogen and oxygen atoms in total. The quantitative estimate of drug-likeness (QED) is 0.837. The van der Waals surface area contributed by atoms with Crippen LogP contribution in [-0.4, -0.2) is 33.4 Å². The number of nitrogens with one attached hydrogen (secondary N) is 1. The van der Waals surface area contributed by atoms with E-state index in [2.05, 4.69) is 10.4 Å². The predicted octanol–water partition coefficient (Wildman–Crippen LogP) is 1.27. The third kappa shape index (κ3) is 3.44. The van der Waals surface area contributed by atoms with Crippen molar-refractivity contribution in [3.63, 3.8) is 0 Å². The fraction of sp³-hybridized carbons (Fsp3) is 0.636. The van der Waals surface area contributed by atoms with E-state index < -0.39 is 0 Å². The summed E-state index contributed by atoms with van der Waals surface area (Å²) < 4.78 is 1.46. The molecule has 1 heterocycles. The van der Waals surface area contributed by atoms with E-state index in [-0.39, 0.29) is 12.0 Å². The van der Waals surface area contributed by atoms with E-state index in [9.17, 15) is 9.90 Å². The van der Waals surface area contributed by atoms with Gasteiger partial charge < -0.3 is 10.4 Å². The first-order valence-electron chi connectivity index (χ1n) is 5.62. The molecule has 1 amide bonds. The molecule has 0 saturated carbocycles. The maximum Gasteiger partial charge on any atom is 0.256 e. The summed E-state index contributed by atoms with van der Waals surface area (Å²) in [5, 5.41) is 16.5. The Balaban J connectivity index is 2.58. The number of nitrogens with zero attached hydrogens (tertiary/aromatic N) is 2.